The van der Waals surface area contributed by atoms with Crippen LogP contribution in [0, 0.1) is 17.3 Å². The largest absolute Gasteiger partial charge is 0.481 e. The smallest absolute Gasteiger partial charge is 0.314 e. The number of ether oxygens (including phenoxy) is 1. The van der Waals surface area contributed by atoms with Crippen LogP contribution in [0.4, 0.5) is 0 Å². The lowest BCUT2D eigenvalue weighted by molar-refractivity contribution is -0.150. The van der Waals surface area contributed by atoms with Gasteiger partial charge < -0.3 is 19.6 Å². The number of hydrogen-bond donors (Lipinski definition) is 1. The van der Waals surface area contributed by atoms with E-state index in [0.29, 0.717) is 38.8 Å². The molecule has 2 atom stereocenters. The van der Waals surface area contributed by atoms with Gasteiger partial charge >= 0.3 is 5.97 Å². The Bertz CT molecular complexity index is 587. The van der Waals surface area contributed by atoms with Crippen LogP contribution in [-0.4, -0.2) is 96.6 Å². The van der Waals surface area contributed by atoms with Gasteiger partial charge in [0.15, 0.2) is 0 Å². The second-order valence-electron chi connectivity index (χ2n) is 7.84. The summed E-state index contributed by atoms with van der Waals surface area (Å²) in [5.74, 6) is -1.19. The van der Waals surface area contributed by atoms with E-state index in [4.69, 9.17) is 4.74 Å². The van der Waals surface area contributed by atoms with E-state index in [0.717, 1.165) is 12.8 Å². The third kappa shape index (κ3) is 3.01. The molecule has 8 heteroatoms. The molecule has 138 valence electrons. The van der Waals surface area contributed by atoms with Gasteiger partial charge in [-0.25, -0.2) is 0 Å². The third-order valence-electron chi connectivity index (χ3n) is 6.04. The van der Waals surface area contributed by atoms with Crippen molar-refractivity contribution in [1.82, 2.24) is 14.7 Å². The number of aliphatic carboxylic acids is 1. The van der Waals surface area contributed by atoms with Gasteiger partial charge in [-0.3, -0.25) is 19.3 Å². The molecule has 4 aliphatic rings. The first kappa shape index (κ1) is 16.8. The van der Waals surface area contributed by atoms with Crippen molar-refractivity contribution in [3.05, 3.63) is 0 Å². The number of hydrogen-bond acceptors (Lipinski definition) is 5. The zero-order chi connectivity index (χ0) is 17.6. The number of carboxylic acids is 1. The molecule has 0 bridgehead atoms. The highest BCUT2D eigenvalue weighted by molar-refractivity contribution is 5.94. The van der Waals surface area contributed by atoms with Crippen molar-refractivity contribution in [2.45, 2.75) is 12.8 Å². The number of carbonyl (C=O) groups excluding carboxylic acids is 2. The Morgan fingerprint density at radius 1 is 1.20 bits per heavy atom. The van der Waals surface area contributed by atoms with Crippen LogP contribution in [0.2, 0.25) is 0 Å². The van der Waals surface area contributed by atoms with Crippen LogP contribution in [0.5, 0.6) is 0 Å². The number of carboxylic acid groups (broad SMARTS) is 1. The number of morpholine rings is 1. The summed E-state index contributed by atoms with van der Waals surface area (Å²) in [6.45, 7) is 4.20. The molecule has 0 aromatic heterocycles. The van der Waals surface area contributed by atoms with E-state index >= 15 is 0 Å². The Balaban J connectivity index is 1.43. The highest BCUT2D eigenvalue weighted by Crippen LogP contribution is 2.45. The van der Waals surface area contributed by atoms with Crippen LogP contribution in [0.3, 0.4) is 0 Å². The van der Waals surface area contributed by atoms with Gasteiger partial charge in [0.2, 0.25) is 11.8 Å². The molecule has 3 saturated heterocycles. The Hall–Kier alpha value is -1.67. The molecule has 0 unspecified atom stereocenters. The minimum Gasteiger partial charge on any atom is -0.481 e. The second kappa shape index (κ2) is 6.25. The molecule has 3 aliphatic heterocycles. The highest BCUT2D eigenvalue weighted by atomic mass is 16.5. The van der Waals surface area contributed by atoms with Crippen molar-refractivity contribution in [1.29, 1.82) is 0 Å². The monoisotopic (exact) mass is 351 g/mol. The average Bonchev–Trinajstić information content (AvgIpc) is 3.25. The van der Waals surface area contributed by atoms with E-state index in [1.54, 1.807) is 9.80 Å². The summed E-state index contributed by atoms with van der Waals surface area (Å²) in [5, 5.41) is 9.84. The van der Waals surface area contributed by atoms with E-state index in [9.17, 15) is 19.5 Å². The van der Waals surface area contributed by atoms with E-state index in [2.05, 4.69) is 0 Å². The van der Waals surface area contributed by atoms with Crippen LogP contribution in [-0.2, 0) is 19.1 Å². The zero-order valence-electron chi connectivity index (χ0n) is 14.4. The number of nitrogens with zero attached hydrogens (tertiary/aromatic N) is 3. The number of fused-ring (bicyclic) bond motifs is 1. The number of amides is 2. The standard InChI is InChI=1S/C17H25N3O5/c21-14(9-18-3-5-25-6-4-18)19-8-13-15(22)20(7-12-1-2-12)11-17(13,10-19)16(23)24/h12-13H,1-11H2,(H,23,24)/t13-,17-/m1/s1. The molecule has 8 nitrogen and oxygen atoms in total. The van der Waals surface area contributed by atoms with Crippen LogP contribution in [0.15, 0.2) is 0 Å². The molecular formula is C17H25N3O5. The van der Waals surface area contributed by atoms with Crippen molar-refractivity contribution in [2.75, 3.05) is 59.0 Å². The molecule has 1 saturated carbocycles. The maximum absolute atomic E-state index is 12.7. The number of rotatable bonds is 5. The van der Waals surface area contributed by atoms with Crippen molar-refractivity contribution < 1.29 is 24.2 Å². The Labute approximate surface area is 146 Å². The molecular weight excluding hydrogens is 326 g/mol. The molecule has 1 aliphatic carbocycles. The zero-order valence-corrected chi connectivity index (χ0v) is 14.4. The van der Waals surface area contributed by atoms with Crippen LogP contribution < -0.4 is 0 Å². The highest BCUT2D eigenvalue weighted by Gasteiger charge is 2.63. The van der Waals surface area contributed by atoms with Gasteiger partial charge in [0.1, 0.15) is 5.41 Å². The lowest BCUT2D eigenvalue weighted by atomic mass is 9.81. The van der Waals surface area contributed by atoms with Gasteiger partial charge in [-0.15, -0.1) is 0 Å². The quantitative estimate of drug-likeness (QED) is 0.690. The second-order valence-corrected chi connectivity index (χ2v) is 7.84. The summed E-state index contributed by atoms with van der Waals surface area (Å²) < 4.78 is 5.28. The van der Waals surface area contributed by atoms with Crippen LogP contribution in [0.1, 0.15) is 12.8 Å². The molecule has 4 fully saturated rings. The normalized spacial score (nSPS) is 33.0. The van der Waals surface area contributed by atoms with Crippen molar-refractivity contribution in [3.8, 4) is 0 Å². The number of carbonyl (C=O) groups is 3. The molecule has 2 amide bonds. The fourth-order valence-corrected chi connectivity index (χ4v) is 4.32. The van der Waals surface area contributed by atoms with Gasteiger partial charge in [0.25, 0.3) is 0 Å². The van der Waals surface area contributed by atoms with E-state index < -0.39 is 17.3 Å². The minimum absolute atomic E-state index is 0.0848. The molecule has 0 aromatic carbocycles. The average molecular weight is 351 g/mol. The SMILES string of the molecule is O=C(CN1CCOCC1)N1C[C@@H]2C(=O)N(CC3CC3)C[C@]2(C(=O)O)C1. The van der Waals surface area contributed by atoms with Gasteiger partial charge in [0, 0.05) is 39.3 Å². The van der Waals surface area contributed by atoms with E-state index in [-0.39, 0.29) is 38.0 Å². The lowest BCUT2D eigenvalue weighted by Gasteiger charge is -2.29. The Kier molecular flexibility index (Phi) is 4.19. The summed E-state index contributed by atoms with van der Waals surface area (Å²) >= 11 is 0. The summed E-state index contributed by atoms with van der Waals surface area (Å²) in [6.07, 6.45) is 2.25. The van der Waals surface area contributed by atoms with E-state index in [1.165, 1.54) is 0 Å². The summed E-state index contributed by atoms with van der Waals surface area (Å²) in [4.78, 5) is 42.7. The maximum atomic E-state index is 12.7. The molecule has 0 aromatic rings. The third-order valence-corrected chi connectivity index (χ3v) is 6.04. The molecule has 25 heavy (non-hydrogen) atoms. The Morgan fingerprint density at radius 2 is 1.92 bits per heavy atom. The van der Waals surface area contributed by atoms with Crippen molar-refractivity contribution >= 4 is 17.8 Å². The molecule has 4 rings (SSSR count). The fourth-order valence-electron chi connectivity index (χ4n) is 4.32. The predicted octanol–water partition coefficient (Wildman–Crippen LogP) is -0.900. The Morgan fingerprint density at radius 3 is 2.52 bits per heavy atom. The van der Waals surface area contributed by atoms with Crippen LogP contribution in [0.25, 0.3) is 0 Å². The topological polar surface area (TPSA) is 90.4 Å². The lowest BCUT2D eigenvalue weighted by Crippen LogP contribution is -2.46. The number of likely N-dealkylation sites (tertiary alicyclic amines) is 2. The predicted molar refractivity (Wildman–Crippen MR) is 86.7 cm³/mol. The summed E-state index contributed by atoms with van der Waals surface area (Å²) in [5.41, 5.74) is -1.13. The van der Waals surface area contributed by atoms with Gasteiger partial charge in [-0.2, -0.15) is 0 Å². The maximum Gasteiger partial charge on any atom is 0.314 e. The van der Waals surface area contributed by atoms with Gasteiger partial charge in [0.05, 0.1) is 25.7 Å². The van der Waals surface area contributed by atoms with Crippen molar-refractivity contribution in [3.63, 3.8) is 0 Å². The first-order valence-electron chi connectivity index (χ1n) is 9.10. The van der Waals surface area contributed by atoms with Crippen LogP contribution >= 0.6 is 0 Å². The fraction of sp³-hybridized carbons (Fsp3) is 0.824. The first-order valence-corrected chi connectivity index (χ1v) is 9.10. The molecule has 0 radical (unpaired) electrons. The van der Waals surface area contributed by atoms with E-state index in [1.807, 2.05) is 4.90 Å². The molecule has 0 spiro atoms. The van der Waals surface area contributed by atoms with Gasteiger partial charge in [-0.1, -0.05) is 0 Å². The summed E-state index contributed by atoms with van der Waals surface area (Å²) in [7, 11) is 0. The van der Waals surface area contributed by atoms with Gasteiger partial charge in [-0.05, 0) is 18.8 Å². The molecule has 3 heterocycles. The van der Waals surface area contributed by atoms with Crippen molar-refractivity contribution in [2.24, 2.45) is 17.3 Å². The first-order chi connectivity index (χ1) is 12.0. The molecule has 1 N–H and O–H groups in total. The summed E-state index contributed by atoms with van der Waals surface area (Å²) in [6, 6.07) is 0. The minimum atomic E-state index is -1.13.